The molecule has 1 aliphatic heterocycles. The number of hydrogen-bond acceptors (Lipinski definition) is 5. The van der Waals surface area contributed by atoms with Crippen LogP contribution in [0.4, 0.5) is 5.95 Å². The van der Waals surface area contributed by atoms with E-state index in [1.54, 1.807) is 12.3 Å². The summed E-state index contributed by atoms with van der Waals surface area (Å²) in [5.41, 5.74) is 0.384. The van der Waals surface area contributed by atoms with Crippen LogP contribution < -0.4 is 10.9 Å². The standard InChI is InChI=1S/C10H10N4O2/c15-8-2-1-6-3-11-10(14-9(6)13-8)12-7-4-16-5-7/h1-3,7H,4-5H2,(H2,11,12,13,14,15). The molecule has 2 N–H and O–H groups in total. The summed E-state index contributed by atoms with van der Waals surface area (Å²) >= 11 is 0. The summed E-state index contributed by atoms with van der Waals surface area (Å²) < 4.78 is 5.04. The first-order valence-electron chi connectivity index (χ1n) is 5.02. The van der Waals surface area contributed by atoms with E-state index in [0.29, 0.717) is 24.8 Å². The van der Waals surface area contributed by atoms with Crippen molar-refractivity contribution in [3.05, 3.63) is 28.7 Å². The summed E-state index contributed by atoms with van der Waals surface area (Å²) in [5, 5.41) is 3.94. The zero-order chi connectivity index (χ0) is 11.0. The molecule has 0 aromatic carbocycles. The average Bonchev–Trinajstić information content (AvgIpc) is 2.23. The Hall–Kier alpha value is -1.95. The monoisotopic (exact) mass is 218 g/mol. The average molecular weight is 218 g/mol. The van der Waals surface area contributed by atoms with Crippen molar-refractivity contribution in [3.63, 3.8) is 0 Å². The fourth-order valence-electron chi connectivity index (χ4n) is 1.51. The summed E-state index contributed by atoms with van der Waals surface area (Å²) in [6, 6.07) is 3.43. The largest absolute Gasteiger partial charge is 0.377 e. The number of H-pyrrole nitrogens is 1. The molecule has 0 aliphatic carbocycles. The Labute approximate surface area is 90.7 Å². The van der Waals surface area contributed by atoms with Gasteiger partial charge in [0.2, 0.25) is 11.5 Å². The highest BCUT2D eigenvalue weighted by Crippen LogP contribution is 2.11. The second-order valence-electron chi connectivity index (χ2n) is 3.70. The normalized spacial score (nSPS) is 16.0. The van der Waals surface area contributed by atoms with Crippen LogP contribution in [0.5, 0.6) is 0 Å². The number of hydrogen-bond donors (Lipinski definition) is 2. The molecule has 2 aromatic rings. The summed E-state index contributed by atoms with van der Waals surface area (Å²) in [7, 11) is 0. The summed E-state index contributed by atoms with van der Waals surface area (Å²) in [5.74, 6) is 0.516. The number of fused-ring (bicyclic) bond motifs is 1. The number of nitrogens with one attached hydrogen (secondary N) is 2. The predicted molar refractivity (Wildman–Crippen MR) is 58.4 cm³/mol. The maximum Gasteiger partial charge on any atom is 0.249 e. The van der Waals surface area contributed by atoms with Crippen LogP contribution >= 0.6 is 0 Å². The molecule has 82 valence electrons. The van der Waals surface area contributed by atoms with Crippen molar-refractivity contribution in [1.82, 2.24) is 15.0 Å². The molecule has 3 rings (SSSR count). The lowest BCUT2D eigenvalue weighted by Crippen LogP contribution is -2.40. The van der Waals surface area contributed by atoms with Crippen LogP contribution in [0.3, 0.4) is 0 Å². The minimum absolute atomic E-state index is 0.163. The second kappa shape index (κ2) is 3.57. The third kappa shape index (κ3) is 1.63. The van der Waals surface area contributed by atoms with E-state index in [9.17, 15) is 4.79 Å². The zero-order valence-electron chi connectivity index (χ0n) is 8.43. The highest BCUT2D eigenvalue weighted by atomic mass is 16.5. The molecule has 0 saturated carbocycles. The van der Waals surface area contributed by atoms with Crippen molar-refractivity contribution in [2.24, 2.45) is 0 Å². The molecule has 3 heterocycles. The minimum atomic E-state index is -0.163. The van der Waals surface area contributed by atoms with Crippen molar-refractivity contribution in [2.75, 3.05) is 18.5 Å². The van der Waals surface area contributed by atoms with E-state index >= 15 is 0 Å². The number of nitrogens with zero attached hydrogens (tertiary/aromatic N) is 2. The SMILES string of the molecule is O=c1ccc2cnc(NC3COC3)nc2[nH]1. The van der Waals surface area contributed by atoms with Crippen molar-refractivity contribution in [3.8, 4) is 0 Å². The smallest absolute Gasteiger partial charge is 0.249 e. The van der Waals surface area contributed by atoms with Gasteiger partial charge in [-0.15, -0.1) is 0 Å². The van der Waals surface area contributed by atoms with Crippen LogP contribution in [0.25, 0.3) is 11.0 Å². The van der Waals surface area contributed by atoms with E-state index in [2.05, 4.69) is 20.3 Å². The van der Waals surface area contributed by atoms with Gasteiger partial charge in [0.15, 0.2) is 0 Å². The molecular weight excluding hydrogens is 208 g/mol. The molecule has 1 aliphatic rings. The van der Waals surface area contributed by atoms with Crippen LogP contribution in [0.2, 0.25) is 0 Å². The van der Waals surface area contributed by atoms with Crippen molar-refractivity contribution in [2.45, 2.75) is 6.04 Å². The van der Waals surface area contributed by atoms with Gasteiger partial charge in [-0.1, -0.05) is 0 Å². The number of pyridine rings is 1. The first-order chi connectivity index (χ1) is 7.81. The number of ether oxygens (including phenoxy) is 1. The first-order valence-corrected chi connectivity index (χ1v) is 5.02. The van der Waals surface area contributed by atoms with Gasteiger partial charge in [-0.05, 0) is 6.07 Å². The number of aromatic nitrogens is 3. The molecule has 0 bridgehead atoms. The van der Waals surface area contributed by atoms with E-state index in [1.165, 1.54) is 6.07 Å². The number of rotatable bonds is 2. The zero-order valence-corrected chi connectivity index (χ0v) is 8.43. The molecule has 0 radical (unpaired) electrons. The van der Waals surface area contributed by atoms with Crippen LogP contribution in [0.15, 0.2) is 23.1 Å². The Bertz CT molecular complexity index is 576. The maximum atomic E-state index is 11.1. The molecule has 0 atom stereocenters. The number of anilines is 1. The van der Waals surface area contributed by atoms with Gasteiger partial charge in [0.25, 0.3) is 0 Å². The van der Waals surface area contributed by atoms with Gasteiger partial charge in [0, 0.05) is 17.6 Å². The van der Waals surface area contributed by atoms with E-state index < -0.39 is 0 Å². The highest BCUT2D eigenvalue weighted by Gasteiger charge is 2.18. The van der Waals surface area contributed by atoms with Crippen molar-refractivity contribution in [1.29, 1.82) is 0 Å². The van der Waals surface area contributed by atoms with Gasteiger partial charge in [-0.3, -0.25) is 4.79 Å². The molecule has 0 unspecified atom stereocenters. The molecule has 6 heteroatoms. The molecule has 1 saturated heterocycles. The molecule has 16 heavy (non-hydrogen) atoms. The van der Waals surface area contributed by atoms with Gasteiger partial charge in [-0.2, -0.15) is 4.98 Å². The van der Waals surface area contributed by atoms with Crippen LogP contribution in [0, 0.1) is 0 Å². The summed E-state index contributed by atoms with van der Waals surface area (Å²) in [4.78, 5) is 22.2. The van der Waals surface area contributed by atoms with Crippen LogP contribution in [-0.4, -0.2) is 34.2 Å². The van der Waals surface area contributed by atoms with Gasteiger partial charge >= 0.3 is 0 Å². The Kier molecular flexibility index (Phi) is 2.07. The van der Waals surface area contributed by atoms with Crippen molar-refractivity contribution >= 4 is 17.0 Å². The van der Waals surface area contributed by atoms with E-state index in [-0.39, 0.29) is 11.6 Å². The minimum Gasteiger partial charge on any atom is -0.377 e. The maximum absolute atomic E-state index is 11.1. The first kappa shape index (κ1) is 9.29. The van der Waals surface area contributed by atoms with Crippen LogP contribution in [0.1, 0.15) is 0 Å². The molecule has 2 aromatic heterocycles. The lowest BCUT2D eigenvalue weighted by molar-refractivity contribution is 0.0208. The van der Waals surface area contributed by atoms with Gasteiger partial charge in [0.1, 0.15) is 5.65 Å². The molecule has 6 nitrogen and oxygen atoms in total. The predicted octanol–water partition coefficient (Wildman–Crippen LogP) is 0.129. The molecular formula is C10H10N4O2. The van der Waals surface area contributed by atoms with Crippen molar-refractivity contribution < 1.29 is 4.74 Å². The van der Waals surface area contributed by atoms with Gasteiger partial charge < -0.3 is 15.0 Å². The fraction of sp³-hybridized carbons (Fsp3) is 0.300. The summed E-state index contributed by atoms with van der Waals surface area (Å²) in [6.45, 7) is 1.35. The van der Waals surface area contributed by atoms with E-state index in [1.807, 2.05) is 0 Å². The molecule has 0 amide bonds. The Morgan fingerprint density at radius 2 is 2.31 bits per heavy atom. The van der Waals surface area contributed by atoms with E-state index in [0.717, 1.165) is 5.39 Å². The molecule has 1 fully saturated rings. The lowest BCUT2D eigenvalue weighted by atomic mass is 10.3. The third-order valence-corrected chi connectivity index (χ3v) is 2.44. The second-order valence-corrected chi connectivity index (χ2v) is 3.70. The fourth-order valence-corrected chi connectivity index (χ4v) is 1.51. The van der Waals surface area contributed by atoms with Gasteiger partial charge in [-0.25, -0.2) is 4.98 Å². The molecule has 0 spiro atoms. The third-order valence-electron chi connectivity index (χ3n) is 2.44. The Morgan fingerprint density at radius 3 is 3.06 bits per heavy atom. The lowest BCUT2D eigenvalue weighted by Gasteiger charge is -2.26. The quantitative estimate of drug-likeness (QED) is 0.748. The Balaban J connectivity index is 1.97. The van der Waals surface area contributed by atoms with Gasteiger partial charge in [0.05, 0.1) is 19.3 Å². The van der Waals surface area contributed by atoms with Crippen LogP contribution in [-0.2, 0) is 4.74 Å². The Morgan fingerprint density at radius 1 is 1.44 bits per heavy atom. The summed E-state index contributed by atoms with van der Waals surface area (Å²) in [6.07, 6.45) is 1.68. The topological polar surface area (TPSA) is 79.9 Å². The van der Waals surface area contributed by atoms with E-state index in [4.69, 9.17) is 4.74 Å². The number of aromatic amines is 1. The highest BCUT2D eigenvalue weighted by molar-refractivity contribution is 5.74.